The summed E-state index contributed by atoms with van der Waals surface area (Å²) in [5.41, 5.74) is 0.280. The van der Waals surface area contributed by atoms with Crippen LogP contribution in [0.25, 0.3) is 0 Å². The number of nitrogens with zero attached hydrogens (tertiary/aromatic N) is 1. The SMILES string of the molecule is CC(C)N(CCNC1CC1)CCOc1ccc(C(=O)O)cc1. The van der Waals surface area contributed by atoms with Crippen LogP contribution in [-0.2, 0) is 0 Å². The van der Waals surface area contributed by atoms with Crippen LogP contribution in [0.4, 0.5) is 0 Å². The number of nitrogens with one attached hydrogen (secondary N) is 1. The zero-order valence-electron chi connectivity index (χ0n) is 13.4. The van der Waals surface area contributed by atoms with Crippen molar-refractivity contribution < 1.29 is 14.6 Å². The third-order valence-corrected chi connectivity index (χ3v) is 3.89. The summed E-state index contributed by atoms with van der Waals surface area (Å²) in [6.07, 6.45) is 2.63. The van der Waals surface area contributed by atoms with Crippen molar-refractivity contribution in [3.05, 3.63) is 29.8 Å². The first-order valence-electron chi connectivity index (χ1n) is 8.00. The van der Waals surface area contributed by atoms with Gasteiger partial charge in [-0.2, -0.15) is 0 Å². The number of carboxylic acids is 1. The van der Waals surface area contributed by atoms with E-state index in [1.807, 2.05) is 0 Å². The van der Waals surface area contributed by atoms with Crippen molar-refractivity contribution in [2.24, 2.45) is 0 Å². The number of carbonyl (C=O) groups is 1. The Hall–Kier alpha value is -1.59. The molecule has 1 aliphatic carbocycles. The molecule has 5 nitrogen and oxygen atoms in total. The molecule has 1 aliphatic rings. The molecule has 2 N–H and O–H groups in total. The minimum Gasteiger partial charge on any atom is -0.492 e. The highest BCUT2D eigenvalue weighted by Crippen LogP contribution is 2.18. The van der Waals surface area contributed by atoms with Crippen LogP contribution >= 0.6 is 0 Å². The highest BCUT2D eigenvalue weighted by atomic mass is 16.5. The van der Waals surface area contributed by atoms with Crippen LogP contribution in [0.5, 0.6) is 5.75 Å². The molecule has 1 saturated carbocycles. The fraction of sp³-hybridized carbons (Fsp3) is 0.588. The van der Waals surface area contributed by atoms with E-state index in [2.05, 4.69) is 24.1 Å². The zero-order valence-corrected chi connectivity index (χ0v) is 13.4. The van der Waals surface area contributed by atoms with Crippen LogP contribution in [0, 0.1) is 0 Å². The summed E-state index contributed by atoms with van der Waals surface area (Å²) < 4.78 is 5.71. The summed E-state index contributed by atoms with van der Waals surface area (Å²) in [7, 11) is 0. The molecule has 22 heavy (non-hydrogen) atoms. The predicted octanol–water partition coefficient (Wildman–Crippen LogP) is 2.23. The van der Waals surface area contributed by atoms with Crippen molar-refractivity contribution >= 4 is 5.97 Å². The van der Waals surface area contributed by atoms with Crippen molar-refractivity contribution in [2.45, 2.75) is 38.8 Å². The molecule has 2 rings (SSSR count). The van der Waals surface area contributed by atoms with Gasteiger partial charge >= 0.3 is 5.97 Å². The van der Waals surface area contributed by atoms with Gasteiger partial charge in [0.1, 0.15) is 12.4 Å². The van der Waals surface area contributed by atoms with Crippen LogP contribution in [0.3, 0.4) is 0 Å². The molecule has 5 heteroatoms. The van der Waals surface area contributed by atoms with Crippen molar-refractivity contribution in [2.75, 3.05) is 26.2 Å². The molecule has 0 heterocycles. The molecule has 0 amide bonds. The normalized spacial score (nSPS) is 14.5. The first kappa shape index (κ1) is 16.8. The van der Waals surface area contributed by atoms with E-state index in [1.54, 1.807) is 24.3 Å². The molecule has 0 radical (unpaired) electrons. The fourth-order valence-electron chi connectivity index (χ4n) is 2.30. The number of ether oxygens (including phenoxy) is 1. The molecule has 0 bridgehead atoms. The van der Waals surface area contributed by atoms with Crippen LogP contribution < -0.4 is 10.1 Å². The monoisotopic (exact) mass is 306 g/mol. The van der Waals surface area contributed by atoms with Gasteiger partial charge < -0.3 is 15.2 Å². The van der Waals surface area contributed by atoms with E-state index in [0.29, 0.717) is 18.4 Å². The third-order valence-electron chi connectivity index (χ3n) is 3.89. The summed E-state index contributed by atoms with van der Waals surface area (Å²) in [4.78, 5) is 13.2. The van der Waals surface area contributed by atoms with Gasteiger partial charge in [0.2, 0.25) is 0 Å². The maximum absolute atomic E-state index is 10.8. The minimum atomic E-state index is -0.916. The van der Waals surface area contributed by atoms with E-state index in [0.717, 1.165) is 25.7 Å². The molecule has 1 aromatic rings. The number of benzene rings is 1. The quantitative estimate of drug-likeness (QED) is 0.694. The first-order chi connectivity index (χ1) is 10.6. The molecule has 1 fully saturated rings. The average Bonchev–Trinajstić information content (AvgIpc) is 3.30. The molecule has 0 aromatic heterocycles. The summed E-state index contributed by atoms with van der Waals surface area (Å²) in [5.74, 6) is -0.203. The standard InChI is InChI=1S/C17H26N2O3/c1-13(2)19(10-9-18-15-5-6-15)11-12-22-16-7-3-14(4-8-16)17(20)21/h3-4,7-8,13,15,18H,5-6,9-12H2,1-2H3,(H,20,21). The second-order valence-corrected chi connectivity index (χ2v) is 6.04. The van der Waals surface area contributed by atoms with Gasteiger partial charge in [0.25, 0.3) is 0 Å². The second kappa shape index (κ2) is 8.15. The molecule has 122 valence electrons. The van der Waals surface area contributed by atoms with Gasteiger partial charge in [0.05, 0.1) is 5.56 Å². The van der Waals surface area contributed by atoms with E-state index < -0.39 is 5.97 Å². The summed E-state index contributed by atoms with van der Waals surface area (Å²) in [6, 6.07) is 7.78. The zero-order chi connectivity index (χ0) is 15.9. The Morgan fingerprint density at radius 2 is 2.00 bits per heavy atom. The van der Waals surface area contributed by atoms with Crippen molar-refractivity contribution in [3.63, 3.8) is 0 Å². The fourth-order valence-corrected chi connectivity index (χ4v) is 2.30. The maximum Gasteiger partial charge on any atom is 0.335 e. The van der Waals surface area contributed by atoms with E-state index in [1.165, 1.54) is 12.8 Å². The van der Waals surface area contributed by atoms with Gasteiger partial charge in [-0.15, -0.1) is 0 Å². The molecular weight excluding hydrogens is 280 g/mol. The third kappa shape index (κ3) is 5.66. The van der Waals surface area contributed by atoms with Crippen LogP contribution in [-0.4, -0.2) is 54.3 Å². The lowest BCUT2D eigenvalue weighted by Gasteiger charge is -2.26. The Bertz CT molecular complexity index is 469. The summed E-state index contributed by atoms with van der Waals surface area (Å²) in [6.45, 7) is 7.90. The average molecular weight is 306 g/mol. The Morgan fingerprint density at radius 1 is 1.32 bits per heavy atom. The Morgan fingerprint density at radius 3 is 2.55 bits per heavy atom. The van der Waals surface area contributed by atoms with Crippen molar-refractivity contribution in [1.82, 2.24) is 10.2 Å². The van der Waals surface area contributed by atoms with Gasteiger partial charge in [-0.3, -0.25) is 4.90 Å². The lowest BCUT2D eigenvalue weighted by Crippen LogP contribution is -2.39. The van der Waals surface area contributed by atoms with Crippen molar-refractivity contribution in [3.8, 4) is 5.75 Å². The van der Waals surface area contributed by atoms with Gasteiger partial charge in [-0.1, -0.05) is 0 Å². The number of aromatic carboxylic acids is 1. The summed E-state index contributed by atoms with van der Waals surface area (Å²) in [5, 5.41) is 12.4. The predicted molar refractivity (Wildman–Crippen MR) is 86.6 cm³/mol. The van der Waals surface area contributed by atoms with Gasteiger partial charge in [0.15, 0.2) is 0 Å². The van der Waals surface area contributed by atoms with Crippen molar-refractivity contribution in [1.29, 1.82) is 0 Å². The Balaban J connectivity index is 1.70. The second-order valence-electron chi connectivity index (χ2n) is 6.04. The molecule has 0 unspecified atom stereocenters. The van der Waals surface area contributed by atoms with E-state index in [9.17, 15) is 4.79 Å². The van der Waals surface area contributed by atoms with Gasteiger partial charge in [-0.25, -0.2) is 4.79 Å². The smallest absolute Gasteiger partial charge is 0.335 e. The van der Waals surface area contributed by atoms with Crippen LogP contribution in [0.1, 0.15) is 37.0 Å². The topological polar surface area (TPSA) is 61.8 Å². The van der Waals surface area contributed by atoms with Gasteiger partial charge in [0, 0.05) is 31.7 Å². The first-order valence-corrected chi connectivity index (χ1v) is 8.00. The number of rotatable bonds is 10. The number of carboxylic acid groups (broad SMARTS) is 1. The molecule has 0 spiro atoms. The van der Waals surface area contributed by atoms with Crippen LogP contribution in [0.15, 0.2) is 24.3 Å². The number of hydrogen-bond acceptors (Lipinski definition) is 4. The molecular formula is C17H26N2O3. The maximum atomic E-state index is 10.8. The Kier molecular flexibility index (Phi) is 6.21. The Labute approximate surface area is 132 Å². The minimum absolute atomic E-state index is 0.280. The lowest BCUT2D eigenvalue weighted by molar-refractivity contribution is 0.0697. The highest BCUT2D eigenvalue weighted by molar-refractivity contribution is 5.87. The number of hydrogen-bond donors (Lipinski definition) is 2. The van der Waals surface area contributed by atoms with E-state index >= 15 is 0 Å². The van der Waals surface area contributed by atoms with Gasteiger partial charge in [-0.05, 0) is 51.0 Å². The molecule has 0 aliphatic heterocycles. The highest BCUT2D eigenvalue weighted by Gasteiger charge is 2.20. The largest absolute Gasteiger partial charge is 0.492 e. The lowest BCUT2D eigenvalue weighted by atomic mass is 10.2. The molecule has 0 saturated heterocycles. The molecule has 1 aromatic carbocycles. The summed E-state index contributed by atoms with van der Waals surface area (Å²) >= 11 is 0. The van der Waals surface area contributed by atoms with E-state index in [-0.39, 0.29) is 5.56 Å². The molecule has 0 atom stereocenters. The van der Waals surface area contributed by atoms with E-state index in [4.69, 9.17) is 9.84 Å². The van der Waals surface area contributed by atoms with Crippen LogP contribution in [0.2, 0.25) is 0 Å².